The third-order valence-electron chi connectivity index (χ3n) is 7.50. The summed E-state index contributed by atoms with van der Waals surface area (Å²) in [4.78, 5) is 31.5. The predicted molar refractivity (Wildman–Crippen MR) is 143 cm³/mol. The maximum Gasteiger partial charge on any atom is 0.247 e. The molecule has 1 atom stereocenters. The highest BCUT2D eigenvalue weighted by atomic mass is 19.1. The van der Waals surface area contributed by atoms with Gasteiger partial charge in [0, 0.05) is 29.5 Å². The maximum atomic E-state index is 13.6. The molecule has 0 radical (unpaired) electrons. The second kappa shape index (κ2) is 9.54. The molecular weight excluding hydrogens is 483 g/mol. The minimum Gasteiger partial charge on any atom is -0.457 e. The van der Waals surface area contributed by atoms with Crippen LogP contribution in [0.3, 0.4) is 0 Å². The van der Waals surface area contributed by atoms with Crippen LogP contribution >= 0.6 is 0 Å². The number of hydrogen-bond acceptors (Lipinski definition) is 5. The summed E-state index contributed by atoms with van der Waals surface area (Å²) < 4.78 is 19.8. The fourth-order valence-corrected chi connectivity index (χ4v) is 5.09. The average Bonchev–Trinajstić information content (AvgIpc) is 3.57. The van der Waals surface area contributed by atoms with Crippen LogP contribution in [0.4, 0.5) is 15.8 Å². The van der Waals surface area contributed by atoms with Crippen molar-refractivity contribution in [2.45, 2.75) is 25.2 Å². The standard InChI is InChI=1S/C30H27FN4O3/c31-21-2-4-22(5-3-21)35(29(37)30(13-14-30)28(32)36)23-6-8-24(9-7-23)38-27-12-16-34-26-17-19(1-10-25(26)27)20-11-15-33-18-20/h1-10,12,16-17,20,33H,11,13-15,18H2,(H2,32,36). The number of benzene rings is 3. The number of carbonyl (C=O) groups is 2. The molecule has 3 aromatic carbocycles. The fraction of sp³-hybridized carbons (Fsp3) is 0.233. The van der Waals surface area contributed by atoms with E-state index in [1.807, 2.05) is 12.1 Å². The van der Waals surface area contributed by atoms with Gasteiger partial charge in [-0.15, -0.1) is 0 Å². The van der Waals surface area contributed by atoms with Crippen LogP contribution in [0.15, 0.2) is 79.0 Å². The summed E-state index contributed by atoms with van der Waals surface area (Å²) in [6.45, 7) is 2.01. The summed E-state index contributed by atoms with van der Waals surface area (Å²) in [7, 11) is 0. The van der Waals surface area contributed by atoms with Gasteiger partial charge in [0.1, 0.15) is 22.7 Å². The normalized spacial score (nSPS) is 17.8. The Balaban J connectivity index is 1.28. The lowest BCUT2D eigenvalue weighted by atomic mass is 9.97. The Bertz CT molecular complexity index is 1510. The third-order valence-corrected chi connectivity index (χ3v) is 7.50. The zero-order chi connectivity index (χ0) is 26.3. The molecule has 2 heterocycles. The van der Waals surface area contributed by atoms with Crippen molar-refractivity contribution in [1.29, 1.82) is 0 Å². The molecular formula is C30H27FN4O3. The number of nitrogens with two attached hydrogens (primary N) is 1. The van der Waals surface area contributed by atoms with Gasteiger partial charge < -0.3 is 15.8 Å². The van der Waals surface area contributed by atoms with Crippen molar-refractivity contribution in [2.24, 2.45) is 11.1 Å². The van der Waals surface area contributed by atoms with E-state index in [1.165, 1.54) is 34.7 Å². The van der Waals surface area contributed by atoms with E-state index in [9.17, 15) is 14.0 Å². The van der Waals surface area contributed by atoms with E-state index >= 15 is 0 Å². The minimum absolute atomic E-state index is 0.397. The van der Waals surface area contributed by atoms with Gasteiger partial charge in [-0.1, -0.05) is 6.07 Å². The van der Waals surface area contributed by atoms with Gasteiger partial charge in [0.15, 0.2) is 0 Å². The Morgan fingerprint density at radius 2 is 1.71 bits per heavy atom. The quantitative estimate of drug-likeness (QED) is 0.334. The lowest BCUT2D eigenvalue weighted by Crippen LogP contribution is -2.41. The number of aromatic nitrogens is 1. The summed E-state index contributed by atoms with van der Waals surface area (Å²) in [5.41, 5.74) is 7.46. The molecule has 1 unspecified atom stereocenters. The van der Waals surface area contributed by atoms with E-state index in [2.05, 4.69) is 22.4 Å². The number of primary amides is 1. The van der Waals surface area contributed by atoms with Crippen LogP contribution in [0.5, 0.6) is 11.5 Å². The summed E-state index contributed by atoms with van der Waals surface area (Å²) in [6, 6.07) is 20.7. The van der Waals surface area contributed by atoms with E-state index in [0.29, 0.717) is 41.6 Å². The van der Waals surface area contributed by atoms with Gasteiger partial charge in [-0.05, 0) is 104 Å². The van der Waals surface area contributed by atoms with Gasteiger partial charge in [0.2, 0.25) is 11.8 Å². The number of carbonyl (C=O) groups excluding carboxylic acids is 2. The summed E-state index contributed by atoms with van der Waals surface area (Å²) in [6.07, 6.45) is 3.64. The van der Waals surface area contributed by atoms with Crippen LogP contribution in [0.25, 0.3) is 10.9 Å². The molecule has 8 heteroatoms. The Morgan fingerprint density at radius 1 is 1.00 bits per heavy atom. The molecule has 7 nitrogen and oxygen atoms in total. The zero-order valence-electron chi connectivity index (χ0n) is 20.7. The number of amides is 2. The first kappa shape index (κ1) is 24.1. The van der Waals surface area contributed by atoms with Crippen LogP contribution in [0.2, 0.25) is 0 Å². The minimum atomic E-state index is -1.23. The molecule has 192 valence electrons. The Kier molecular flexibility index (Phi) is 6.04. The Morgan fingerprint density at radius 3 is 2.34 bits per heavy atom. The number of fused-ring (bicyclic) bond motifs is 1. The monoisotopic (exact) mass is 510 g/mol. The van der Waals surface area contributed by atoms with Gasteiger partial charge >= 0.3 is 0 Å². The first-order valence-corrected chi connectivity index (χ1v) is 12.7. The van der Waals surface area contributed by atoms with Crippen molar-refractivity contribution in [3.63, 3.8) is 0 Å². The van der Waals surface area contributed by atoms with Crippen LogP contribution in [0.1, 0.15) is 30.7 Å². The molecule has 2 fully saturated rings. The largest absolute Gasteiger partial charge is 0.457 e. The first-order chi connectivity index (χ1) is 18.4. The van der Waals surface area contributed by atoms with Crippen molar-refractivity contribution in [3.05, 3.63) is 90.4 Å². The van der Waals surface area contributed by atoms with Crippen LogP contribution in [-0.4, -0.2) is 29.9 Å². The number of nitrogens with one attached hydrogen (secondary N) is 1. The van der Waals surface area contributed by atoms with E-state index in [0.717, 1.165) is 30.4 Å². The van der Waals surface area contributed by atoms with E-state index in [4.69, 9.17) is 10.5 Å². The van der Waals surface area contributed by atoms with Gasteiger partial charge in [0.05, 0.1) is 5.52 Å². The SMILES string of the molecule is NC(=O)C1(C(=O)N(c2ccc(F)cc2)c2ccc(Oc3ccnc4cc(C5CCNC5)ccc34)cc2)CC1. The van der Waals surface area contributed by atoms with Crippen LogP contribution < -0.4 is 20.7 Å². The van der Waals surface area contributed by atoms with Crippen molar-refractivity contribution in [1.82, 2.24) is 10.3 Å². The fourth-order valence-electron chi connectivity index (χ4n) is 5.09. The highest BCUT2D eigenvalue weighted by molar-refractivity contribution is 6.16. The third kappa shape index (κ3) is 4.37. The van der Waals surface area contributed by atoms with Gasteiger partial charge in [-0.25, -0.2) is 4.39 Å². The highest BCUT2D eigenvalue weighted by Crippen LogP contribution is 2.49. The Labute approximate surface area is 219 Å². The average molecular weight is 511 g/mol. The number of halogens is 1. The van der Waals surface area contributed by atoms with Crippen LogP contribution in [0, 0.1) is 11.2 Å². The van der Waals surface area contributed by atoms with E-state index < -0.39 is 23.0 Å². The van der Waals surface area contributed by atoms with Gasteiger partial charge in [0.25, 0.3) is 0 Å². The summed E-state index contributed by atoms with van der Waals surface area (Å²) in [5.74, 6) is 0.265. The molecule has 4 aromatic rings. The molecule has 2 amide bonds. The van der Waals surface area contributed by atoms with Crippen molar-refractivity contribution < 1.29 is 18.7 Å². The number of nitrogens with zero attached hydrogens (tertiary/aromatic N) is 2. The van der Waals surface area contributed by atoms with E-state index in [-0.39, 0.29) is 0 Å². The molecule has 38 heavy (non-hydrogen) atoms. The number of pyridine rings is 1. The molecule has 1 aliphatic carbocycles. The molecule has 1 saturated carbocycles. The molecule has 3 N–H and O–H groups in total. The topological polar surface area (TPSA) is 97.6 Å². The molecule has 1 saturated heterocycles. The second-order valence-electron chi connectivity index (χ2n) is 9.93. The second-order valence-corrected chi connectivity index (χ2v) is 9.93. The zero-order valence-corrected chi connectivity index (χ0v) is 20.7. The molecule has 1 aromatic heterocycles. The number of anilines is 2. The molecule has 6 rings (SSSR count). The van der Waals surface area contributed by atoms with Gasteiger partial charge in [-0.2, -0.15) is 0 Å². The van der Waals surface area contributed by atoms with Crippen molar-refractivity contribution >= 4 is 34.1 Å². The van der Waals surface area contributed by atoms with Crippen molar-refractivity contribution in [2.75, 3.05) is 18.0 Å². The molecule has 0 bridgehead atoms. The smallest absolute Gasteiger partial charge is 0.247 e. The van der Waals surface area contributed by atoms with Gasteiger partial charge in [-0.3, -0.25) is 19.5 Å². The molecule has 0 spiro atoms. The number of rotatable bonds is 7. The van der Waals surface area contributed by atoms with Crippen LogP contribution in [-0.2, 0) is 9.59 Å². The lowest BCUT2D eigenvalue weighted by Gasteiger charge is -2.26. The molecule has 1 aliphatic heterocycles. The lowest BCUT2D eigenvalue weighted by molar-refractivity contribution is -0.133. The summed E-state index contributed by atoms with van der Waals surface area (Å²) in [5, 5.41) is 4.31. The highest BCUT2D eigenvalue weighted by Gasteiger charge is 2.57. The summed E-state index contributed by atoms with van der Waals surface area (Å²) >= 11 is 0. The number of ether oxygens (including phenoxy) is 1. The number of hydrogen-bond donors (Lipinski definition) is 2. The Hall–Kier alpha value is -4.30. The first-order valence-electron chi connectivity index (χ1n) is 12.7. The predicted octanol–water partition coefficient (Wildman–Crippen LogP) is 5.17. The maximum absolute atomic E-state index is 13.6. The molecule has 2 aliphatic rings. The van der Waals surface area contributed by atoms with Crippen molar-refractivity contribution in [3.8, 4) is 11.5 Å². The van der Waals surface area contributed by atoms with E-state index in [1.54, 1.807) is 30.5 Å².